The van der Waals surface area contributed by atoms with Gasteiger partial charge in [-0.15, -0.1) is 11.3 Å². The Morgan fingerprint density at radius 1 is 1.53 bits per heavy atom. The first kappa shape index (κ1) is 11.7. The predicted molar refractivity (Wildman–Crippen MR) is 63.5 cm³/mol. The van der Waals surface area contributed by atoms with Gasteiger partial charge < -0.3 is 5.32 Å². The van der Waals surface area contributed by atoms with E-state index in [-0.39, 0.29) is 12.5 Å². The summed E-state index contributed by atoms with van der Waals surface area (Å²) in [5.41, 5.74) is 0.980. The number of nitrogens with one attached hydrogen (secondary N) is 1. The van der Waals surface area contributed by atoms with Crippen molar-refractivity contribution in [3.8, 4) is 0 Å². The molecule has 0 fully saturated rings. The third-order valence-corrected chi connectivity index (χ3v) is 3.29. The Labute approximate surface area is 103 Å². The first-order valence-corrected chi connectivity index (χ1v) is 5.99. The Morgan fingerprint density at radius 2 is 2.35 bits per heavy atom. The molecule has 7 heteroatoms. The standard InChI is InChI=1S/C10H13N5OS/c1-7-9(17-8(2)14-7)3-12-10(16)4-15-6-11-5-13-15/h5-6H,3-4H2,1-2H3,(H,12,16). The van der Waals surface area contributed by atoms with Crippen LogP contribution in [0.5, 0.6) is 0 Å². The number of amides is 1. The van der Waals surface area contributed by atoms with Gasteiger partial charge in [-0.05, 0) is 13.8 Å². The smallest absolute Gasteiger partial charge is 0.242 e. The van der Waals surface area contributed by atoms with Crippen LogP contribution in [0.1, 0.15) is 15.6 Å². The Morgan fingerprint density at radius 3 is 2.94 bits per heavy atom. The van der Waals surface area contributed by atoms with E-state index in [2.05, 4.69) is 20.4 Å². The summed E-state index contributed by atoms with van der Waals surface area (Å²) in [7, 11) is 0. The SMILES string of the molecule is Cc1nc(C)c(CNC(=O)Cn2cncn2)s1. The van der Waals surface area contributed by atoms with Crippen LogP contribution in [0.4, 0.5) is 0 Å². The number of hydrogen-bond acceptors (Lipinski definition) is 5. The fraction of sp³-hybridized carbons (Fsp3) is 0.400. The lowest BCUT2D eigenvalue weighted by Crippen LogP contribution is -2.27. The topological polar surface area (TPSA) is 72.7 Å². The molecular weight excluding hydrogens is 238 g/mol. The molecule has 1 N–H and O–H groups in total. The molecule has 2 rings (SSSR count). The highest BCUT2D eigenvalue weighted by Gasteiger charge is 2.07. The molecule has 0 saturated carbocycles. The quantitative estimate of drug-likeness (QED) is 0.866. The molecule has 0 aliphatic heterocycles. The Balaban J connectivity index is 1.86. The highest BCUT2D eigenvalue weighted by atomic mass is 32.1. The molecule has 2 aromatic heterocycles. The van der Waals surface area contributed by atoms with Crippen molar-refractivity contribution in [2.45, 2.75) is 26.9 Å². The molecule has 0 radical (unpaired) electrons. The van der Waals surface area contributed by atoms with Crippen LogP contribution in [-0.2, 0) is 17.9 Å². The number of carbonyl (C=O) groups is 1. The van der Waals surface area contributed by atoms with Crippen molar-refractivity contribution < 1.29 is 4.79 Å². The highest BCUT2D eigenvalue weighted by Crippen LogP contribution is 2.16. The zero-order valence-corrected chi connectivity index (χ0v) is 10.5. The van der Waals surface area contributed by atoms with Crippen molar-refractivity contribution in [3.63, 3.8) is 0 Å². The third kappa shape index (κ3) is 3.10. The molecule has 0 bridgehead atoms. The average Bonchev–Trinajstić information content (AvgIpc) is 2.86. The molecule has 0 atom stereocenters. The molecule has 2 heterocycles. The summed E-state index contributed by atoms with van der Waals surface area (Å²) in [6.07, 6.45) is 2.92. The molecule has 2 aromatic rings. The van der Waals surface area contributed by atoms with Crippen molar-refractivity contribution in [3.05, 3.63) is 28.2 Å². The van der Waals surface area contributed by atoms with Gasteiger partial charge in [0.2, 0.25) is 5.91 Å². The Bertz CT molecular complexity index is 505. The molecule has 0 aliphatic carbocycles. The van der Waals surface area contributed by atoms with E-state index < -0.39 is 0 Å². The average molecular weight is 251 g/mol. The lowest BCUT2D eigenvalue weighted by molar-refractivity contribution is -0.122. The van der Waals surface area contributed by atoms with Crippen LogP contribution in [0.15, 0.2) is 12.7 Å². The first-order valence-electron chi connectivity index (χ1n) is 5.17. The van der Waals surface area contributed by atoms with Crippen molar-refractivity contribution in [1.29, 1.82) is 0 Å². The van der Waals surface area contributed by atoms with Crippen LogP contribution in [0.3, 0.4) is 0 Å². The van der Waals surface area contributed by atoms with Crippen LogP contribution >= 0.6 is 11.3 Å². The second kappa shape index (κ2) is 5.05. The van der Waals surface area contributed by atoms with E-state index >= 15 is 0 Å². The van der Waals surface area contributed by atoms with Gasteiger partial charge in [0.25, 0.3) is 0 Å². The van der Waals surface area contributed by atoms with Gasteiger partial charge in [0.05, 0.1) is 17.2 Å². The normalized spacial score (nSPS) is 10.5. The van der Waals surface area contributed by atoms with E-state index in [0.29, 0.717) is 6.54 Å². The zero-order valence-electron chi connectivity index (χ0n) is 9.67. The van der Waals surface area contributed by atoms with E-state index in [1.807, 2.05) is 13.8 Å². The van der Waals surface area contributed by atoms with Crippen molar-refractivity contribution in [1.82, 2.24) is 25.1 Å². The minimum atomic E-state index is -0.0825. The van der Waals surface area contributed by atoms with Gasteiger partial charge in [-0.2, -0.15) is 5.10 Å². The Kier molecular flexibility index (Phi) is 3.48. The van der Waals surface area contributed by atoms with E-state index in [1.165, 1.54) is 17.3 Å². The predicted octanol–water partition coefficient (Wildman–Crippen LogP) is 0.668. The van der Waals surface area contributed by atoms with E-state index in [0.717, 1.165) is 15.6 Å². The molecule has 0 saturated heterocycles. The fourth-order valence-electron chi connectivity index (χ4n) is 1.43. The summed E-state index contributed by atoms with van der Waals surface area (Å²) >= 11 is 1.60. The number of hydrogen-bond donors (Lipinski definition) is 1. The van der Waals surface area contributed by atoms with E-state index in [4.69, 9.17) is 0 Å². The van der Waals surface area contributed by atoms with Crippen molar-refractivity contribution in [2.75, 3.05) is 0 Å². The molecular formula is C10H13N5OS. The van der Waals surface area contributed by atoms with Gasteiger partial charge in [-0.3, -0.25) is 4.79 Å². The lowest BCUT2D eigenvalue weighted by Gasteiger charge is -2.03. The summed E-state index contributed by atoms with van der Waals surface area (Å²) in [5.74, 6) is -0.0825. The minimum Gasteiger partial charge on any atom is -0.350 e. The summed E-state index contributed by atoms with van der Waals surface area (Å²) in [6, 6.07) is 0. The monoisotopic (exact) mass is 251 g/mol. The largest absolute Gasteiger partial charge is 0.350 e. The van der Waals surface area contributed by atoms with Crippen LogP contribution in [-0.4, -0.2) is 25.7 Å². The second-order valence-corrected chi connectivity index (χ2v) is 4.90. The first-order chi connectivity index (χ1) is 8.15. The maximum atomic E-state index is 11.6. The van der Waals surface area contributed by atoms with Gasteiger partial charge in [-0.25, -0.2) is 14.6 Å². The molecule has 0 aromatic carbocycles. The van der Waals surface area contributed by atoms with Crippen molar-refractivity contribution >= 4 is 17.2 Å². The summed E-state index contributed by atoms with van der Waals surface area (Å²) in [5, 5.41) is 7.72. The highest BCUT2D eigenvalue weighted by molar-refractivity contribution is 7.11. The minimum absolute atomic E-state index is 0.0825. The molecule has 0 unspecified atom stereocenters. The maximum Gasteiger partial charge on any atom is 0.242 e. The zero-order chi connectivity index (χ0) is 12.3. The number of nitrogens with zero attached hydrogens (tertiary/aromatic N) is 4. The second-order valence-electron chi connectivity index (χ2n) is 3.61. The van der Waals surface area contributed by atoms with Crippen LogP contribution < -0.4 is 5.32 Å². The van der Waals surface area contributed by atoms with Gasteiger partial charge >= 0.3 is 0 Å². The summed E-state index contributed by atoms with van der Waals surface area (Å²) < 4.78 is 1.49. The maximum absolute atomic E-state index is 11.6. The third-order valence-electron chi connectivity index (χ3n) is 2.22. The summed E-state index contributed by atoms with van der Waals surface area (Å²) in [6.45, 7) is 4.61. The number of thiazole rings is 1. The number of aryl methyl sites for hydroxylation is 2. The molecule has 0 spiro atoms. The van der Waals surface area contributed by atoms with E-state index in [9.17, 15) is 4.79 Å². The number of aromatic nitrogens is 4. The van der Waals surface area contributed by atoms with Gasteiger partial charge in [-0.1, -0.05) is 0 Å². The van der Waals surface area contributed by atoms with Gasteiger partial charge in [0, 0.05) is 4.88 Å². The van der Waals surface area contributed by atoms with Gasteiger partial charge in [0.15, 0.2) is 0 Å². The van der Waals surface area contributed by atoms with Gasteiger partial charge in [0.1, 0.15) is 19.2 Å². The molecule has 0 aliphatic rings. The molecule has 17 heavy (non-hydrogen) atoms. The van der Waals surface area contributed by atoms with Crippen LogP contribution in [0.25, 0.3) is 0 Å². The van der Waals surface area contributed by atoms with Crippen LogP contribution in [0.2, 0.25) is 0 Å². The fourth-order valence-corrected chi connectivity index (χ4v) is 2.31. The lowest BCUT2D eigenvalue weighted by atomic mass is 10.4. The molecule has 1 amide bonds. The molecule has 6 nitrogen and oxygen atoms in total. The number of rotatable bonds is 4. The molecule has 90 valence electrons. The van der Waals surface area contributed by atoms with E-state index in [1.54, 1.807) is 11.3 Å². The number of carbonyl (C=O) groups excluding carboxylic acids is 1. The Hall–Kier alpha value is -1.76. The summed E-state index contributed by atoms with van der Waals surface area (Å²) in [4.78, 5) is 20.8. The van der Waals surface area contributed by atoms with Crippen LogP contribution in [0, 0.1) is 13.8 Å². The van der Waals surface area contributed by atoms with Crippen molar-refractivity contribution in [2.24, 2.45) is 0 Å².